The lowest BCUT2D eigenvalue weighted by Gasteiger charge is -2.45. The van der Waals surface area contributed by atoms with E-state index in [9.17, 15) is 0 Å². The lowest BCUT2D eigenvalue weighted by Crippen LogP contribution is -2.36. The lowest BCUT2D eigenvalue weighted by molar-refractivity contribution is 0.753. The monoisotopic (exact) mass is 896 g/mol. The van der Waals surface area contributed by atoms with Gasteiger partial charge in [0.15, 0.2) is 17.5 Å². The van der Waals surface area contributed by atoms with E-state index in [0.29, 0.717) is 17.5 Å². The number of nitrogens with zero attached hydrogens (tertiary/aromatic N) is 4. The topological polar surface area (TPSA) is 41.9 Å². The molecule has 322 valence electrons. The first-order valence-corrected chi connectivity index (χ1v) is 24.2. The predicted octanol–water partition coefficient (Wildman–Crippen LogP) is 16.7. The van der Waals surface area contributed by atoms with Crippen LogP contribution in [0.4, 0.5) is 17.1 Å². The Hall–Kier alpha value is -8.77. The minimum Gasteiger partial charge on any atom is -0.310 e. The van der Waals surface area contributed by atoms with Crippen LogP contribution in [0.1, 0.15) is 22.3 Å². The molecule has 0 radical (unpaired) electrons. The van der Waals surface area contributed by atoms with Crippen LogP contribution < -0.4 is 4.90 Å². The summed E-state index contributed by atoms with van der Waals surface area (Å²) in [6.07, 6.45) is 0. The maximum atomic E-state index is 5.27. The summed E-state index contributed by atoms with van der Waals surface area (Å²) in [5.41, 5.74) is 18.3. The first-order chi connectivity index (χ1) is 34.2. The molecular weight excluding hydrogens is 857 g/mol. The zero-order chi connectivity index (χ0) is 45.5. The number of hydrogen-bond donors (Lipinski definition) is 0. The Morgan fingerprint density at radius 1 is 0.319 bits per heavy atom. The first-order valence-electron chi connectivity index (χ1n) is 23.4. The second kappa shape index (κ2) is 15.7. The fourth-order valence-corrected chi connectivity index (χ4v) is 12.3. The highest BCUT2D eigenvalue weighted by atomic mass is 32.1. The molecule has 3 heterocycles. The Kier molecular flexibility index (Phi) is 8.95. The summed E-state index contributed by atoms with van der Waals surface area (Å²) in [7, 11) is 0. The highest BCUT2D eigenvalue weighted by molar-refractivity contribution is 7.26. The van der Waals surface area contributed by atoms with Gasteiger partial charge in [-0.3, -0.25) is 0 Å². The Morgan fingerprint density at radius 2 is 0.754 bits per heavy atom. The van der Waals surface area contributed by atoms with Gasteiger partial charge in [-0.25, -0.2) is 15.0 Å². The van der Waals surface area contributed by atoms with Crippen molar-refractivity contribution in [1.82, 2.24) is 15.0 Å². The van der Waals surface area contributed by atoms with Gasteiger partial charge in [0, 0.05) is 42.6 Å². The van der Waals surface area contributed by atoms with Crippen molar-refractivity contribution in [3.8, 4) is 67.5 Å². The third-order valence-electron chi connectivity index (χ3n) is 14.2. The molecule has 2 aromatic heterocycles. The Bertz CT molecular complexity index is 3760. The molecule has 12 aromatic rings. The molecule has 0 saturated carbocycles. The third-order valence-corrected chi connectivity index (χ3v) is 15.4. The summed E-state index contributed by atoms with van der Waals surface area (Å²) in [5, 5.41) is 2.39. The van der Waals surface area contributed by atoms with Gasteiger partial charge in [-0.2, -0.15) is 0 Å². The quantitative estimate of drug-likeness (QED) is 0.167. The lowest BCUT2D eigenvalue weighted by atomic mass is 9.64. The Balaban J connectivity index is 0.911. The number of aromatic nitrogens is 3. The van der Waals surface area contributed by atoms with Crippen molar-refractivity contribution < 1.29 is 0 Å². The van der Waals surface area contributed by atoms with Crippen LogP contribution in [0.2, 0.25) is 0 Å². The largest absolute Gasteiger partial charge is 0.310 e. The summed E-state index contributed by atoms with van der Waals surface area (Å²) in [4.78, 5) is 18.2. The molecule has 0 fully saturated rings. The normalized spacial score (nSPS) is 13.0. The summed E-state index contributed by atoms with van der Waals surface area (Å²) in [6, 6.07) is 87.5. The molecule has 0 saturated heterocycles. The minimum absolute atomic E-state index is 0.455. The molecule has 10 aromatic carbocycles. The first kappa shape index (κ1) is 39.4. The van der Waals surface area contributed by atoms with E-state index in [-0.39, 0.29) is 0 Å². The molecule has 69 heavy (non-hydrogen) atoms. The van der Waals surface area contributed by atoms with Crippen LogP contribution in [-0.2, 0) is 5.41 Å². The van der Waals surface area contributed by atoms with Crippen LogP contribution in [0.5, 0.6) is 0 Å². The Morgan fingerprint density at radius 3 is 1.30 bits per heavy atom. The molecule has 1 aliphatic carbocycles. The summed E-state index contributed by atoms with van der Waals surface area (Å²) in [6.45, 7) is 0. The molecule has 1 aliphatic heterocycles. The number of fused-ring (bicyclic) bond motifs is 12. The fraction of sp³-hybridized carbons (Fsp3) is 0.0156. The van der Waals surface area contributed by atoms with Crippen molar-refractivity contribution in [3.05, 3.63) is 265 Å². The molecule has 5 heteroatoms. The number of hydrogen-bond acceptors (Lipinski definition) is 5. The molecule has 0 N–H and O–H groups in total. The SMILES string of the molecule is c1ccc(-c2ccc(-c3nc(-c4ccc(-c5ccccc5)cc4)nc(-c4cccc5c4sc4cc(N6c7ccccc7C7(c8ccccc8-c8ccccc87)c7ccccc76)ccc45)n3)cc2)cc1. The van der Waals surface area contributed by atoms with Gasteiger partial charge in [-0.05, 0) is 86.0 Å². The number of thiophene rings is 1. The molecule has 0 unspecified atom stereocenters. The summed E-state index contributed by atoms with van der Waals surface area (Å²) < 4.78 is 2.34. The predicted molar refractivity (Wildman–Crippen MR) is 285 cm³/mol. The van der Waals surface area contributed by atoms with Gasteiger partial charge in [-0.1, -0.05) is 212 Å². The zero-order valence-corrected chi connectivity index (χ0v) is 38.1. The van der Waals surface area contributed by atoms with Crippen molar-refractivity contribution in [1.29, 1.82) is 0 Å². The van der Waals surface area contributed by atoms with Crippen molar-refractivity contribution in [3.63, 3.8) is 0 Å². The van der Waals surface area contributed by atoms with Gasteiger partial charge in [0.1, 0.15) is 0 Å². The van der Waals surface area contributed by atoms with Crippen LogP contribution in [0.3, 0.4) is 0 Å². The molecule has 0 amide bonds. The smallest absolute Gasteiger partial charge is 0.165 e. The molecule has 0 atom stereocenters. The number of para-hydroxylation sites is 2. The van der Waals surface area contributed by atoms with Gasteiger partial charge in [-0.15, -0.1) is 11.3 Å². The van der Waals surface area contributed by atoms with Crippen molar-refractivity contribution in [2.24, 2.45) is 0 Å². The average Bonchev–Trinajstić information content (AvgIpc) is 3.95. The van der Waals surface area contributed by atoms with E-state index < -0.39 is 5.41 Å². The van der Waals surface area contributed by atoms with Gasteiger partial charge in [0.05, 0.1) is 16.8 Å². The maximum absolute atomic E-state index is 5.27. The van der Waals surface area contributed by atoms with E-state index in [1.165, 1.54) is 71.4 Å². The standard InChI is InChI=1S/C64H40N4S/c1-3-16-41(17-4-1)43-30-34-45(35-31-43)61-65-62(46-36-32-44(33-37-46)42-18-5-2-6-19-42)67-63(66-61)52-23-15-22-51-50-39-38-47(40-59(50)69-60(51)52)68-57-28-13-11-26-55(57)64(56-27-12-14-29-58(56)68)53-24-9-7-20-48(53)49-21-8-10-25-54(49)64/h1-40H. The Labute approximate surface area is 404 Å². The van der Waals surface area contributed by atoms with Crippen LogP contribution in [0, 0.1) is 0 Å². The van der Waals surface area contributed by atoms with Crippen LogP contribution >= 0.6 is 11.3 Å². The van der Waals surface area contributed by atoms with E-state index >= 15 is 0 Å². The van der Waals surface area contributed by atoms with Crippen LogP contribution in [0.15, 0.2) is 243 Å². The number of rotatable bonds is 6. The average molecular weight is 897 g/mol. The molecule has 2 aliphatic rings. The van der Waals surface area contributed by atoms with Gasteiger partial charge < -0.3 is 4.90 Å². The van der Waals surface area contributed by atoms with Gasteiger partial charge in [0.25, 0.3) is 0 Å². The van der Waals surface area contributed by atoms with Crippen LogP contribution in [-0.4, -0.2) is 15.0 Å². The third kappa shape index (κ3) is 6.11. The summed E-state index contributed by atoms with van der Waals surface area (Å²) in [5.74, 6) is 1.91. The van der Waals surface area contributed by atoms with E-state index in [0.717, 1.165) is 38.2 Å². The molecule has 14 rings (SSSR count). The molecule has 0 bridgehead atoms. The van der Waals surface area contributed by atoms with Crippen molar-refractivity contribution in [2.45, 2.75) is 5.41 Å². The number of benzene rings is 10. The molecular formula is C64H40N4S. The van der Waals surface area contributed by atoms with E-state index in [4.69, 9.17) is 15.0 Å². The van der Waals surface area contributed by atoms with Gasteiger partial charge >= 0.3 is 0 Å². The van der Waals surface area contributed by atoms with Crippen molar-refractivity contribution in [2.75, 3.05) is 4.90 Å². The molecule has 1 spiro atoms. The van der Waals surface area contributed by atoms with Crippen molar-refractivity contribution >= 4 is 48.6 Å². The zero-order valence-electron chi connectivity index (χ0n) is 37.3. The minimum atomic E-state index is -0.455. The molecule has 4 nitrogen and oxygen atoms in total. The van der Waals surface area contributed by atoms with E-state index in [1.807, 2.05) is 12.1 Å². The van der Waals surface area contributed by atoms with Crippen LogP contribution in [0.25, 0.3) is 87.7 Å². The van der Waals surface area contributed by atoms with E-state index in [2.05, 4.69) is 235 Å². The number of anilines is 3. The van der Waals surface area contributed by atoms with E-state index in [1.54, 1.807) is 11.3 Å². The highest BCUT2D eigenvalue weighted by Gasteiger charge is 2.51. The fourth-order valence-electron chi connectivity index (χ4n) is 11.1. The summed E-state index contributed by atoms with van der Waals surface area (Å²) >= 11 is 1.80. The second-order valence-corrected chi connectivity index (χ2v) is 18.9. The second-order valence-electron chi connectivity index (χ2n) is 17.9. The highest BCUT2D eigenvalue weighted by Crippen LogP contribution is 2.63. The maximum Gasteiger partial charge on any atom is 0.165 e. The van der Waals surface area contributed by atoms with Gasteiger partial charge in [0.2, 0.25) is 0 Å².